The van der Waals surface area contributed by atoms with Gasteiger partial charge in [-0.3, -0.25) is 19.2 Å². The van der Waals surface area contributed by atoms with E-state index in [1.165, 1.54) is 0 Å². The molecule has 1 rings (SSSR count). The maximum absolute atomic E-state index is 12.3. The van der Waals surface area contributed by atoms with E-state index in [0.717, 1.165) is 0 Å². The highest BCUT2D eigenvalue weighted by Crippen LogP contribution is 2.30. The molecule has 9 heteroatoms. The van der Waals surface area contributed by atoms with Crippen LogP contribution in [-0.2, 0) is 42.9 Å². The van der Waals surface area contributed by atoms with Crippen molar-refractivity contribution in [1.82, 2.24) is 0 Å². The Hall–Kier alpha value is -2.16. The summed E-state index contributed by atoms with van der Waals surface area (Å²) in [4.78, 5) is 48.9. The average Bonchev–Trinajstić information content (AvgIpc) is 2.68. The minimum Gasteiger partial charge on any atom is -0.455 e. The smallest absolute Gasteiger partial charge is 0.308 e. The van der Waals surface area contributed by atoms with Gasteiger partial charge < -0.3 is 23.7 Å². The first-order valence-corrected chi connectivity index (χ1v) is 11.2. The van der Waals surface area contributed by atoms with Crippen LogP contribution >= 0.6 is 0 Å². The summed E-state index contributed by atoms with van der Waals surface area (Å²) >= 11 is 0. The van der Waals surface area contributed by atoms with Crippen LogP contribution in [-0.4, -0.2) is 54.6 Å². The van der Waals surface area contributed by atoms with Gasteiger partial charge in [-0.15, -0.1) is 0 Å². The summed E-state index contributed by atoms with van der Waals surface area (Å²) in [6.07, 6.45) is -2.66. The van der Waals surface area contributed by atoms with Crippen LogP contribution in [0, 0.1) is 0 Å². The highest BCUT2D eigenvalue weighted by Gasteiger charge is 2.52. The van der Waals surface area contributed by atoms with Gasteiger partial charge in [-0.2, -0.15) is 0 Å². The van der Waals surface area contributed by atoms with Gasteiger partial charge in [0.2, 0.25) is 12.4 Å². The van der Waals surface area contributed by atoms with Gasteiger partial charge in [0.1, 0.15) is 0 Å². The first-order chi connectivity index (χ1) is 14.8. The zero-order chi connectivity index (χ0) is 23.4. The molecule has 9 nitrogen and oxygen atoms in total. The molecule has 1 fully saturated rings. The van der Waals surface area contributed by atoms with Gasteiger partial charge >= 0.3 is 23.9 Å². The van der Waals surface area contributed by atoms with Crippen molar-refractivity contribution in [2.75, 3.05) is 0 Å². The molecule has 0 N–H and O–H groups in total. The van der Waals surface area contributed by atoms with Crippen LogP contribution < -0.4 is 0 Å². The minimum absolute atomic E-state index is 0.123. The van der Waals surface area contributed by atoms with E-state index in [1.807, 2.05) is 27.7 Å². The van der Waals surface area contributed by atoms with Crippen molar-refractivity contribution in [3.05, 3.63) is 0 Å². The van der Waals surface area contributed by atoms with Gasteiger partial charge in [-0.05, 0) is 32.6 Å². The van der Waals surface area contributed by atoms with Gasteiger partial charge in [0.05, 0.1) is 6.10 Å². The van der Waals surface area contributed by atoms with E-state index < -0.39 is 54.6 Å². The summed E-state index contributed by atoms with van der Waals surface area (Å²) in [5, 5.41) is 0. The first-order valence-electron chi connectivity index (χ1n) is 11.2. The average molecular weight is 445 g/mol. The van der Waals surface area contributed by atoms with Gasteiger partial charge in [0.25, 0.3) is 0 Å². The topological polar surface area (TPSA) is 114 Å². The molecule has 0 bridgehead atoms. The Morgan fingerprint density at radius 2 is 0.935 bits per heavy atom. The number of carbonyl (C=O) groups excluding carboxylic acids is 4. The molecule has 0 aliphatic carbocycles. The third-order valence-corrected chi connectivity index (χ3v) is 4.59. The van der Waals surface area contributed by atoms with E-state index in [0.29, 0.717) is 25.7 Å². The number of hydrogen-bond acceptors (Lipinski definition) is 9. The molecule has 1 aliphatic heterocycles. The largest absolute Gasteiger partial charge is 0.455 e. The maximum atomic E-state index is 12.3. The molecular formula is C22H36O9. The zero-order valence-electron chi connectivity index (χ0n) is 19.2. The normalized spacial score (nSPS) is 25.4. The highest BCUT2D eigenvalue weighted by molar-refractivity contribution is 5.72. The molecule has 178 valence electrons. The molecular weight excluding hydrogens is 408 g/mol. The lowest BCUT2D eigenvalue weighted by Gasteiger charge is -2.43. The lowest BCUT2D eigenvalue weighted by atomic mass is 9.98. The molecule has 0 amide bonds. The van der Waals surface area contributed by atoms with E-state index in [1.54, 1.807) is 6.92 Å². The number of carbonyl (C=O) groups is 4. The van der Waals surface area contributed by atoms with Crippen molar-refractivity contribution < 1.29 is 42.9 Å². The molecule has 1 aliphatic rings. The standard InChI is InChI=1S/C22H36O9/c1-6-10-15(23)28-19-14(5)27-22(31-18(26)13-9-4)21(30-17(25)12-8-3)20(19)29-16(24)11-7-2/h14,19-22H,6-13H2,1-5H3/t14-,19+,20+,21-,22?/m0/s1. The van der Waals surface area contributed by atoms with Crippen molar-refractivity contribution in [3.8, 4) is 0 Å². The molecule has 0 aromatic carbocycles. The third-order valence-electron chi connectivity index (χ3n) is 4.59. The number of rotatable bonds is 12. The summed E-state index contributed by atoms with van der Waals surface area (Å²) in [6.45, 7) is 8.91. The van der Waals surface area contributed by atoms with Crippen LogP contribution in [0.2, 0.25) is 0 Å². The molecule has 0 saturated carbocycles. The Morgan fingerprint density at radius 1 is 0.581 bits per heavy atom. The Bertz CT molecular complexity index is 604. The summed E-state index contributed by atoms with van der Waals surface area (Å²) < 4.78 is 27.8. The molecule has 0 spiro atoms. The number of hydrogen-bond donors (Lipinski definition) is 0. The zero-order valence-corrected chi connectivity index (χ0v) is 19.2. The Morgan fingerprint density at radius 3 is 1.35 bits per heavy atom. The third kappa shape index (κ3) is 8.85. The molecule has 1 unspecified atom stereocenters. The Labute approximate surface area is 184 Å². The van der Waals surface area contributed by atoms with Crippen LogP contribution in [0.5, 0.6) is 0 Å². The van der Waals surface area contributed by atoms with Gasteiger partial charge in [0.15, 0.2) is 12.2 Å². The van der Waals surface area contributed by atoms with Crippen molar-refractivity contribution in [3.63, 3.8) is 0 Å². The molecule has 31 heavy (non-hydrogen) atoms. The van der Waals surface area contributed by atoms with Crippen LogP contribution in [0.3, 0.4) is 0 Å². The van der Waals surface area contributed by atoms with Crippen LogP contribution in [0.1, 0.15) is 86.0 Å². The monoisotopic (exact) mass is 444 g/mol. The van der Waals surface area contributed by atoms with Crippen molar-refractivity contribution in [1.29, 1.82) is 0 Å². The molecule has 1 heterocycles. The lowest BCUT2D eigenvalue weighted by molar-refractivity contribution is -0.294. The van der Waals surface area contributed by atoms with Gasteiger partial charge in [0, 0.05) is 25.7 Å². The molecule has 0 aromatic rings. The van der Waals surface area contributed by atoms with Crippen LogP contribution in [0.25, 0.3) is 0 Å². The van der Waals surface area contributed by atoms with Crippen LogP contribution in [0.4, 0.5) is 0 Å². The van der Waals surface area contributed by atoms with Crippen molar-refractivity contribution in [2.24, 2.45) is 0 Å². The summed E-state index contributed by atoms with van der Waals surface area (Å²) in [6, 6.07) is 0. The maximum Gasteiger partial charge on any atom is 0.308 e. The van der Waals surface area contributed by atoms with Crippen molar-refractivity contribution in [2.45, 2.75) is 117 Å². The second-order valence-electron chi connectivity index (χ2n) is 7.56. The molecule has 1 saturated heterocycles. The summed E-state index contributed by atoms with van der Waals surface area (Å²) in [5.74, 6) is -2.11. The molecule has 5 atom stereocenters. The SMILES string of the molecule is CCCC(=O)OC1O[C@@H](C)[C@@H](OC(=O)CCC)[C@@H](OC(=O)CCC)[C@@H]1OC(=O)CCC. The van der Waals surface area contributed by atoms with E-state index >= 15 is 0 Å². The Kier molecular flexibility index (Phi) is 12.1. The molecule has 0 radical (unpaired) electrons. The minimum atomic E-state index is -1.28. The fourth-order valence-corrected chi connectivity index (χ4v) is 3.13. The highest BCUT2D eigenvalue weighted by atomic mass is 16.7. The fraction of sp³-hybridized carbons (Fsp3) is 0.818. The second kappa shape index (κ2) is 14.0. The lowest BCUT2D eigenvalue weighted by Crippen LogP contribution is -2.61. The second-order valence-corrected chi connectivity index (χ2v) is 7.56. The first kappa shape index (κ1) is 26.9. The van der Waals surface area contributed by atoms with Gasteiger partial charge in [-0.25, -0.2) is 0 Å². The van der Waals surface area contributed by atoms with E-state index in [4.69, 9.17) is 23.7 Å². The van der Waals surface area contributed by atoms with Crippen molar-refractivity contribution >= 4 is 23.9 Å². The van der Waals surface area contributed by atoms with Crippen LogP contribution in [0.15, 0.2) is 0 Å². The molecule has 0 aromatic heterocycles. The number of esters is 4. The predicted molar refractivity (Wildman–Crippen MR) is 110 cm³/mol. The van der Waals surface area contributed by atoms with Gasteiger partial charge in [-0.1, -0.05) is 27.7 Å². The van der Waals surface area contributed by atoms with E-state index in [-0.39, 0.29) is 25.7 Å². The number of ether oxygens (including phenoxy) is 5. The van der Waals surface area contributed by atoms with E-state index in [2.05, 4.69) is 0 Å². The quantitative estimate of drug-likeness (QED) is 0.330. The summed E-state index contributed by atoms with van der Waals surface area (Å²) in [7, 11) is 0. The summed E-state index contributed by atoms with van der Waals surface area (Å²) in [5.41, 5.74) is 0. The Balaban J connectivity index is 3.24. The fourth-order valence-electron chi connectivity index (χ4n) is 3.13. The predicted octanol–water partition coefficient (Wildman–Crippen LogP) is 3.21. The van der Waals surface area contributed by atoms with E-state index in [9.17, 15) is 19.2 Å².